The zero-order chi connectivity index (χ0) is 14.1. The highest BCUT2D eigenvalue weighted by atomic mass is 35.5. The number of amidine groups is 1. The van der Waals surface area contributed by atoms with Gasteiger partial charge < -0.3 is 11.1 Å². The molecule has 0 saturated heterocycles. The van der Waals surface area contributed by atoms with E-state index in [1.54, 1.807) is 0 Å². The first-order chi connectivity index (χ1) is 9.65. The molecule has 3 rings (SSSR count). The molecule has 1 aliphatic rings. The second kappa shape index (κ2) is 5.02. The first kappa shape index (κ1) is 12.8. The average molecular weight is 284 g/mol. The molecule has 1 heterocycles. The zero-order valence-corrected chi connectivity index (χ0v) is 11.6. The Morgan fingerprint density at radius 3 is 2.55 bits per heavy atom. The Morgan fingerprint density at radius 2 is 1.80 bits per heavy atom. The molecule has 0 bridgehead atoms. The monoisotopic (exact) mass is 283 g/mol. The Balaban J connectivity index is 2.06. The van der Waals surface area contributed by atoms with Crippen molar-refractivity contribution in [3.05, 3.63) is 71.4 Å². The number of anilines is 1. The van der Waals surface area contributed by atoms with Crippen LogP contribution in [0.25, 0.3) is 0 Å². The van der Waals surface area contributed by atoms with Crippen LogP contribution in [0.4, 0.5) is 11.4 Å². The van der Waals surface area contributed by atoms with E-state index < -0.39 is 0 Å². The van der Waals surface area contributed by atoms with E-state index in [-0.39, 0.29) is 5.92 Å². The second-order valence-electron chi connectivity index (χ2n) is 4.69. The van der Waals surface area contributed by atoms with Crippen LogP contribution in [0.15, 0.2) is 65.8 Å². The third kappa shape index (κ3) is 2.28. The molecule has 20 heavy (non-hydrogen) atoms. The normalized spacial score (nSPS) is 17.8. The summed E-state index contributed by atoms with van der Waals surface area (Å²) in [7, 11) is 0. The van der Waals surface area contributed by atoms with Crippen molar-refractivity contribution in [2.45, 2.75) is 5.92 Å². The van der Waals surface area contributed by atoms with Crippen molar-refractivity contribution >= 4 is 28.8 Å². The van der Waals surface area contributed by atoms with Gasteiger partial charge in [0.25, 0.3) is 0 Å². The van der Waals surface area contributed by atoms with Crippen LogP contribution in [0.2, 0.25) is 5.02 Å². The number of aliphatic imine (C=N–C) groups is 1. The summed E-state index contributed by atoms with van der Waals surface area (Å²) >= 11 is 5.93. The SMILES string of the molecule is C=C1Nc2ccccc2N=C(N)C1c1ccc(Cl)cc1. The van der Waals surface area contributed by atoms with Gasteiger partial charge in [0.1, 0.15) is 5.84 Å². The first-order valence-electron chi connectivity index (χ1n) is 6.29. The summed E-state index contributed by atoms with van der Waals surface area (Å²) < 4.78 is 0. The van der Waals surface area contributed by atoms with Crippen molar-refractivity contribution < 1.29 is 0 Å². The molecule has 3 nitrogen and oxygen atoms in total. The number of halogens is 1. The van der Waals surface area contributed by atoms with E-state index in [4.69, 9.17) is 17.3 Å². The molecule has 1 atom stereocenters. The lowest BCUT2D eigenvalue weighted by molar-refractivity contribution is 1.05. The van der Waals surface area contributed by atoms with Gasteiger partial charge in [-0.15, -0.1) is 0 Å². The first-order valence-corrected chi connectivity index (χ1v) is 6.67. The third-order valence-corrected chi connectivity index (χ3v) is 3.55. The molecule has 1 aliphatic heterocycles. The summed E-state index contributed by atoms with van der Waals surface area (Å²) in [5.41, 5.74) is 9.73. The fourth-order valence-electron chi connectivity index (χ4n) is 2.33. The van der Waals surface area contributed by atoms with Gasteiger partial charge in [-0.2, -0.15) is 0 Å². The molecule has 0 aliphatic carbocycles. The van der Waals surface area contributed by atoms with Crippen molar-refractivity contribution in [3.8, 4) is 0 Å². The molecular weight excluding hydrogens is 270 g/mol. The molecule has 3 N–H and O–H groups in total. The molecule has 2 aromatic carbocycles. The third-order valence-electron chi connectivity index (χ3n) is 3.30. The number of hydrogen-bond acceptors (Lipinski definition) is 3. The maximum atomic E-state index is 6.17. The van der Waals surface area contributed by atoms with Gasteiger partial charge in [-0.05, 0) is 29.8 Å². The Morgan fingerprint density at radius 1 is 1.10 bits per heavy atom. The smallest absolute Gasteiger partial charge is 0.113 e. The number of nitrogens with zero attached hydrogens (tertiary/aromatic N) is 1. The van der Waals surface area contributed by atoms with E-state index >= 15 is 0 Å². The van der Waals surface area contributed by atoms with Gasteiger partial charge in [-0.25, -0.2) is 4.99 Å². The van der Waals surface area contributed by atoms with E-state index in [1.807, 2.05) is 48.5 Å². The van der Waals surface area contributed by atoms with E-state index in [9.17, 15) is 0 Å². The summed E-state index contributed by atoms with van der Waals surface area (Å²) in [6.07, 6.45) is 0. The van der Waals surface area contributed by atoms with Crippen LogP contribution in [-0.2, 0) is 0 Å². The zero-order valence-electron chi connectivity index (χ0n) is 10.8. The molecule has 0 aromatic heterocycles. The van der Waals surface area contributed by atoms with Gasteiger partial charge in [0.15, 0.2) is 0 Å². The number of rotatable bonds is 1. The molecule has 4 heteroatoms. The van der Waals surface area contributed by atoms with Crippen LogP contribution in [0.1, 0.15) is 11.5 Å². The fourth-order valence-corrected chi connectivity index (χ4v) is 2.46. The molecule has 0 fully saturated rings. The fraction of sp³-hybridized carbons (Fsp3) is 0.0625. The topological polar surface area (TPSA) is 50.4 Å². The van der Waals surface area contributed by atoms with Gasteiger partial charge in [0.2, 0.25) is 0 Å². The minimum absolute atomic E-state index is 0.167. The molecule has 0 amide bonds. The minimum Gasteiger partial charge on any atom is -0.386 e. The van der Waals surface area contributed by atoms with Gasteiger partial charge in [0.05, 0.1) is 17.3 Å². The van der Waals surface area contributed by atoms with E-state index in [0.29, 0.717) is 10.9 Å². The number of para-hydroxylation sites is 2. The van der Waals surface area contributed by atoms with Gasteiger partial charge in [-0.1, -0.05) is 42.4 Å². The molecule has 0 spiro atoms. The lowest BCUT2D eigenvalue weighted by atomic mass is 9.95. The molecular formula is C16H14ClN3. The standard InChI is InChI=1S/C16H14ClN3/c1-10-15(11-6-8-12(17)9-7-11)16(18)20-14-5-3-2-4-13(14)19-10/h2-9,15,19H,1H2,(H2,18,20). The van der Waals surface area contributed by atoms with Crippen molar-refractivity contribution in [3.63, 3.8) is 0 Å². The highest BCUT2D eigenvalue weighted by Gasteiger charge is 2.23. The summed E-state index contributed by atoms with van der Waals surface area (Å²) in [6, 6.07) is 15.3. The number of benzene rings is 2. The maximum absolute atomic E-state index is 6.17. The quantitative estimate of drug-likeness (QED) is 0.829. The van der Waals surface area contributed by atoms with Crippen molar-refractivity contribution in [1.29, 1.82) is 0 Å². The van der Waals surface area contributed by atoms with Crippen molar-refractivity contribution in [2.75, 3.05) is 5.32 Å². The molecule has 1 unspecified atom stereocenters. The van der Waals surface area contributed by atoms with Crippen LogP contribution in [0.5, 0.6) is 0 Å². The predicted molar refractivity (Wildman–Crippen MR) is 84.7 cm³/mol. The molecule has 2 aromatic rings. The number of nitrogens with two attached hydrogens (primary N) is 1. The van der Waals surface area contributed by atoms with Gasteiger partial charge in [-0.3, -0.25) is 0 Å². The van der Waals surface area contributed by atoms with Crippen LogP contribution in [-0.4, -0.2) is 5.84 Å². The number of hydrogen-bond donors (Lipinski definition) is 2. The van der Waals surface area contributed by atoms with Gasteiger partial charge in [0, 0.05) is 10.7 Å². The average Bonchev–Trinajstić information content (AvgIpc) is 2.55. The molecule has 0 saturated carbocycles. The summed E-state index contributed by atoms with van der Waals surface area (Å²) in [6.45, 7) is 4.10. The van der Waals surface area contributed by atoms with E-state index in [0.717, 1.165) is 22.6 Å². The lowest BCUT2D eigenvalue weighted by Gasteiger charge is -2.18. The van der Waals surface area contributed by atoms with Crippen molar-refractivity contribution in [1.82, 2.24) is 0 Å². The summed E-state index contributed by atoms with van der Waals surface area (Å²) in [4.78, 5) is 4.51. The maximum Gasteiger partial charge on any atom is 0.113 e. The Labute approximate surface area is 122 Å². The summed E-state index contributed by atoms with van der Waals surface area (Å²) in [5.74, 6) is 0.356. The lowest BCUT2D eigenvalue weighted by Crippen LogP contribution is -2.24. The number of fused-ring (bicyclic) bond motifs is 1. The van der Waals surface area contributed by atoms with Crippen LogP contribution in [0, 0.1) is 0 Å². The highest BCUT2D eigenvalue weighted by molar-refractivity contribution is 6.30. The van der Waals surface area contributed by atoms with Gasteiger partial charge >= 0.3 is 0 Å². The Bertz CT molecular complexity index is 689. The molecule has 100 valence electrons. The van der Waals surface area contributed by atoms with E-state index in [2.05, 4.69) is 16.9 Å². The Kier molecular flexibility index (Phi) is 3.20. The second-order valence-corrected chi connectivity index (χ2v) is 5.13. The van der Waals surface area contributed by atoms with Crippen LogP contribution in [0.3, 0.4) is 0 Å². The summed E-state index contributed by atoms with van der Waals surface area (Å²) in [5, 5.41) is 3.99. The Hall–Kier alpha value is -2.26. The minimum atomic E-state index is -0.167. The van der Waals surface area contributed by atoms with E-state index in [1.165, 1.54) is 0 Å². The highest BCUT2D eigenvalue weighted by Crippen LogP contribution is 2.34. The predicted octanol–water partition coefficient (Wildman–Crippen LogP) is 4.05. The van der Waals surface area contributed by atoms with Crippen LogP contribution < -0.4 is 11.1 Å². The largest absolute Gasteiger partial charge is 0.386 e. The molecule has 0 radical (unpaired) electrons. The van der Waals surface area contributed by atoms with Crippen molar-refractivity contribution in [2.24, 2.45) is 10.7 Å². The number of nitrogens with one attached hydrogen (secondary N) is 1. The van der Waals surface area contributed by atoms with Crippen LogP contribution >= 0.6 is 11.6 Å².